The van der Waals surface area contributed by atoms with Crippen LogP contribution < -0.4 is 0 Å². The zero-order valence-electron chi connectivity index (χ0n) is 16.2. The molecule has 2 aliphatic rings. The normalized spacial score (nSPS) is 30.0. The summed E-state index contributed by atoms with van der Waals surface area (Å²) in [5.74, 6) is -0.642. The van der Waals surface area contributed by atoms with Crippen LogP contribution in [0, 0.1) is 0 Å². The first-order chi connectivity index (χ1) is 12.4. The van der Waals surface area contributed by atoms with Crippen molar-refractivity contribution in [3.63, 3.8) is 0 Å². The predicted octanol–water partition coefficient (Wildman–Crippen LogP) is 2.42. The molecular formula is C20H31NO5. The first-order valence-corrected chi connectivity index (χ1v) is 9.34. The van der Waals surface area contributed by atoms with Gasteiger partial charge in [0.2, 0.25) is 0 Å². The summed E-state index contributed by atoms with van der Waals surface area (Å²) >= 11 is 0. The maximum atomic E-state index is 6.14. The fourth-order valence-corrected chi connectivity index (χ4v) is 3.35. The van der Waals surface area contributed by atoms with Gasteiger partial charge in [-0.15, -0.1) is 0 Å². The van der Waals surface area contributed by atoms with Crippen LogP contribution in [0.4, 0.5) is 0 Å². The molecule has 0 unspecified atom stereocenters. The van der Waals surface area contributed by atoms with E-state index in [1.54, 1.807) is 0 Å². The first-order valence-electron chi connectivity index (χ1n) is 9.34. The summed E-state index contributed by atoms with van der Waals surface area (Å²) in [4.78, 5) is 2.15. The Morgan fingerprint density at radius 1 is 1.12 bits per heavy atom. The Morgan fingerprint density at radius 3 is 2.62 bits per heavy atom. The third-order valence-electron chi connectivity index (χ3n) is 4.54. The van der Waals surface area contributed by atoms with Crippen LogP contribution in [-0.4, -0.2) is 69.1 Å². The largest absolute Gasteiger partial charge is 0.374 e. The van der Waals surface area contributed by atoms with E-state index in [-0.39, 0.29) is 18.3 Å². The van der Waals surface area contributed by atoms with Crippen molar-refractivity contribution in [2.45, 2.75) is 57.3 Å². The van der Waals surface area contributed by atoms with Crippen LogP contribution in [0.15, 0.2) is 30.3 Å². The number of fused-ring (bicyclic) bond motifs is 1. The van der Waals surface area contributed by atoms with Crippen LogP contribution in [0.25, 0.3) is 0 Å². The molecule has 4 atom stereocenters. The molecule has 0 bridgehead atoms. The van der Waals surface area contributed by atoms with E-state index in [4.69, 9.17) is 23.7 Å². The molecule has 1 aromatic rings. The number of nitrogens with zero attached hydrogens (tertiary/aromatic N) is 1. The zero-order valence-corrected chi connectivity index (χ0v) is 16.2. The fourth-order valence-electron chi connectivity index (χ4n) is 3.35. The lowest BCUT2D eigenvalue weighted by Crippen LogP contribution is -2.39. The second kappa shape index (κ2) is 8.78. The minimum atomic E-state index is -0.642. The Labute approximate surface area is 156 Å². The average Bonchev–Trinajstić information content (AvgIpc) is 3.04. The van der Waals surface area contributed by atoms with E-state index in [2.05, 4.69) is 19.0 Å². The molecule has 2 fully saturated rings. The highest BCUT2D eigenvalue weighted by molar-refractivity contribution is 5.13. The summed E-state index contributed by atoms with van der Waals surface area (Å²) in [5.41, 5.74) is 1.14. The van der Waals surface area contributed by atoms with Gasteiger partial charge in [-0.3, -0.25) is 0 Å². The quantitative estimate of drug-likeness (QED) is 0.627. The number of hydrogen-bond acceptors (Lipinski definition) is 6. The molecule has 1 aromatic carbocycles. The summed E-state index contributed by atoms with van der Waals surface area (Å²) in [7, 11) is 4.12. The van der Waals surface area contributed by atoms with Gasteiger partial charge in [0.25, 0.3) is 0 Å². The Bertz CT molecular complexity index is 550. The van der Waals surface area contributed by atoms with Crippen molar-refractivity contribution in [1.29, 1.82) is 0 Å². The monoisotopic (exact) mass is 365 g/mol. The van der Waals surface area contributed by atoms with Gasteiger partial charge in [-0.2, -0.15) is 0 Å². The second-order valence-corrected chi connectivity index (χ2v) is 7.64. The molecular weight excluding hydrogens is 334 g/mol. The Balaban J connectivity index is 1.52. The molecule has 2 aliphatic heterocycles. The number of hydrogen-bond donors (Lipinski definition) is 0. The fraction of sp³-hybridized carbons (Fsp3) is 0.700. The van der Waals surface area contributed by atoms with E-state index in [0.717, 1.165) is 18.5 Å². The summed E-state index contributed by atoms with van der Waals surface area (Å²) in [6.07, 6.45) is -0.0179. The van der Waals surface area contributed by atoms with Gasteiger partial charge in [-0.05, 0) is 46.5 Å². The molecule has 2 saturated heterocycles. The maximum absolute atomic E-state index is 6.14. The SMILES string of the molecule is CN(C)CCCO[C@@H]1[C@H]2OC(C)(C)O[C@H]2O[C@@H]1COCc1ccccc1. The van der Waals surface area contributed by atoms with Crippen LogP contribution in [-0.2, 0) is 30.3 Å². The highest BCUT2D eigenvalue weighted by Gasteiger charge is 2.55. The molecule has 2 heterocycles. The van der Waals surface area contributed by atoms with Crippen molar-refractivity contribution in [3.05, 3.63) is 35.9 Å². The van der Waals surface area contributed by atoms with Crippen molar-refractivity contribution in [3.8, 4) is 0 Å². The summed E-state index contributed by atoms with van der Waals surface area (Å²) < 4.78 is 29.9. The van der Waals surface area contributed by atoms with Crippen LogP contribution in [0.3, 0.4) is 0 Å². The van der Waals surface area contributed by atoms with Crippen molar-refractivity contribution >= 4 is 0 Å². The third kappa shape index (κ3) is 5.25. The highest BCUT2D eigenvalue weighted by atomic mass is 16.8. The summed E-state index contributed by atoms with van der Waals surface area (Å²) in [6, 6.07) is 10.1. The van der Waals surface area contributed by atoms with Gasteiger partial charge in [0.15, 0.2) is 12.1 Å². The molecule has 0 saturated carbocycles. The number of benzene rings is 1. The van der Waals surface area contributed by atoms with E-state index in [9.17, 15) is 0 Å². The lowest BCUT2D eigenvalue weighted by atomic mass is 10.1. The molecule has 0 radical (unpaired) electrons. The van der Waals surface area contributed by atoms with E-state index in [0.29, 0.717) is 19.8 Å². The molecule has 0 aromatic heterocycles. The smallest absolute Gasteiger partial charge is 0.190 e. The lowest BCUT2D eigenvalue weighted by molar-refractivity contribution is -0.224. The molecule has 0 spiro atoms. The minimum absolute atomic E-state index is 0.181. The van der Waals surface area contributed by atoms with E-state index in [1.165, 1.54) is 0 Å². The predicted molar refractivity (Wildman–Crippen MR) is 97.7 cm³/mol. The molecule has 0 amide bonds. The van der Waals surface area contributed by atoms with Crippen molar-refractivity contribution in [2.75, 3.05) is 33.9 Å². The molecule has 0 N–H and O–H groups in total. The molecule has 146 valence electrons. The summed E-state index contributed by atoms with van der Waals surface area (Å²) in [6.45, 7) is 6.45. The minimum Gasteiger partial charge on any atom is -0.374 e. The van der Waals surface area contributed by atoms with Gasteiger partial charge < -0.3 is 28.6 Å². The summed E-state index contributed by atoms with van der Waals surface area (Å²) in [5, 5.41) is 0. The van der Waals surface area contributed by atoms with Crippen molar-refractivity contribution in [2.24, 2.45) is 0 Å². The molecule has 6 heteroatoms. The van der Waals surface area contributed by atoms with Crippen LogP contribution in [0.5, 0.6) is 0 Å². The topological polar surface area (TPSA) is 49.4 Å². The third-order valence-corrected chi connectivity index (χ3v) is 4.54. The molecule has 6 nitrogen and oxygen atoms in total. The van der Waals surface area contributed by atoms with Gasteiger partial charge in [-0.1, -0.05) is 30.3 Å². The first kappa shape index (κ1) is 19.7. The zero-order chi connectivity index (χ0) is 18.6. The Hall–Kier alpha value is -1.02. The van der Waals surface area contributed by atoms with E-state index >= 15 is 0 Å². The van der Waals surface area contributed by atoms with Gasteiger partial charge in [0, 0.05) is 6.61 Å². The van der Waals surface area contributed by atoms with E-state index < -0.39 is 12.1 Å². The van der Waals surface area contributed by atoms with Crippen LogP contribution in [0.1, 0.15) is 25.8 Å². The van der Waals surface area contributed by atoms with Gasteiger partial charge in [0.1, 0.15) is 18.3 Å². The van der Waals surface area contributed by atoms with Crippen molar-refractivity contribution in [1.82, 2.24) is 4.90 Å². The molecule has 0 aliphatic carbocycles. The van der Waals surface area contributed by atoms with Crippen molar-refractivity contribution < 1.29 is 23.7 Å². The van der Waals surface area contributed by atoms with Crippen LogP contribution >= 0.6 is 0 Å². The molecule has 3 rings (SSSR count). The van der Waals surface area contributed by atoms with Gasteiger partial charge in [0.05, 0.1) is 13.2 Å². The number of ether oxygens (including phenoxy) is 5. The second-order valence-electron chi connectivity index (χ2n) is 7.64. The Kier molecular flexibility index (Phi) is 6.66. The van der Waals surface area contributed by atoms with Gasteiger partial charge >= 0.3 is 0 Å². The Morgan fingerprint density at radius 2 is 1.88 bits per heavy atom. The number of rotatable bonds is 9. The van der Waals surface area contributed by atoms with E-state index in [1.807, 2.05) is 44.2 Å². The molecule has 26 heavy (non-hydrogen) atoms. The average molecular weight is 365 g/mol. The van der Waals surface area contributed by atoms with Crippen LogP contribution in [0.2, 0.25) is 0 Å². The maximum Gasteiger partial charge on any atom is 0.190 e. The van der Waals surface area contributed by atoms with Gasteiger partial charge in [-0.25, -0.2) is 0 Å². The standard InChI is InChI=1S/C20H31NO5/c1-20(2)25-18-17(23-12-8-11-21(3)4)16(24-19(18)26-20)14-22-13-15-9-6-5-7-10-15/h5-7,9-10,16-19H,8,11-14H2,1-4H3/t16-,17+,18-,19-/m1/s1. The lowest BCUT2D eigenvalue weighted by Gasteiger charge is -2.26. The highest BCUT2D eigenvalue weighted by Crippen LogP contribution is 2.38.